The summed E-state index contributed by atoms with van der Waals surface area (Å²) in [6.07, 6.45) is -0.752. The number of aliphatic hydroxyl groups excluding tert-OH is 2. The normalized spacial score (nSPS) is 13.9. The molecule has 3 N–H and O–H groups in total. The Bertz CT molecular complexity index is 356. The summed E-state index contributed by atoms with van der Waals surface area (Å²) in [6.45, 7) is 1.90. The molecule has 16 heavy (non-hydrogen) atoms. The number of hydrogen-bond donors (Lipinski definition) is 3. The lowest BCUT2D eigenvalue weighted by Gasteiger charge is -2.11. The number of anilines is 1. The van der Waals surface area contributed by atoms with Gasteiger partial charge >= 0.3 is 0 Å². The molecule has 4 heteroatoms. The van der Waals surface area contributed by atoms with Crippen molar-refractivity contribution in [3.63, 3.8) is 0 Å². The molecule has 2 atom stereocenters. The summed E-state index contributed by atoms with van der Waals surface area (Å²) in [4.78, 5) is 0. The van der Waals surface area contributed by atoms with E-state index >= 15 is 0 Å². The molecule has 0 saturated carbocycles. The molecule has 0 saturated heterocycles. The van der Waals surface area contributed by atoms with E-state index in [0.717, 1.165) is 11.3 Å². The van der Waals surface area contributed by atoms with Gasteiger partial charge in [-0.25, -0.2) is 0 Å². The van der Waals surface area contributed by atoms with Gasteiger partial charge < -0.3 is 15.5 Å². The topological polar surface area (TPSA) is 76.3 Å². The molecule has 0 aromatic heterocycles. The highest BCUT2D eigenvalue weighted by Crippen LogP contribution is 2.16. The zero-order chi connectivity index (χ0) is 12.0. The molecule has 0 radical (unpaired) electrons. The standard InChI is InChI=1S/C12H16N2O2/c1-9(6-13)10-2-4-11(5-3-10)14-7-12(16)8-15/h2-5,9,12,14-16H,7-8H2,1H3. The highest BCUT2D eigenvalue weighted by Gasteiger charge is 2.04. The fraction of sp³-hybridized carbons (Fsp3) is 0.417. The van der Waals surface area contributed by atoms with E-state index in [9.17, 15) is 0 Å². The van der Waals surface area contributed by atoms with E-state index in [1.165, 1.54) is 0 Å². The maximum absolute atomic E-state index is 9.14. The van der Waals surface area contributed by atoms with Crippen LogP contribution in [-0.4, -0.2) is 29.5 Å². The van der Waals surface area contributed by atoms with Gasteiger partial charge in [-0.2, -0.15) is 5.26 Å². The van der Waals surface area contributed by atoms with Crippen LogP contribution in [0.3, 0.4) is 0 Å². The predicted molar refractivity (Wildman–Crippen MR) is 62.1 cm³/mol. The summed E-state index contributed by atoms with van der Waals surface area (Å²) in [5.74, 6) is -0.114. The molecule has 86 valence electrons. The highest BCUT2D eigenvalue weighted by molar-refractivity contribution is 5.45. The van der Waals surface area contributed by atoms with E-state index in [2.05, 4.69) is 11.4 Å². The van der Waals surface area contributed by atoms with Crippen LogP contribution in [0.1, 0.15) is 18.4 Å². The summed E-state index contributed by atoms with van der Waals surface area (Å²) < 4.78 is 0. The fourth-order valence-electron chi connectivity index (χ4n) is 1.26. The van der Waals surface area contributed by atoms with Gasteiger partial charge in [-0.15, -0.1) is 0 Å². The third-order valence-corrected chi connectivity index (χ3v) is 2.36. The van der Waals surface area contributed by atoms with E-state index in [0.29, 0.717) is 6.54 Å². The molecular weight excluding hydrogens is 204 g/mol. The van der Waals surface area contributed by atoms with Crippen LogP contribution in [0.25, 0.3) is 0 Å². The number of hydrogen-bond acceptors (Lipinski definition) is 4. The summed E-state index contributed by atoms with van der Waals surface area (Å²) in [5.41, 5.74) is 1.83. The first-order valence-corrected chi connectivity index (χ1v) is 5.19. The van der Waals surface area contributed by atoms with Crippen molar-refractivity contribution < 1.29 is 10.2 Å². The molecule has 1 aromatic carbocycles. The average Bonchev–Trinajstić information content (AvgIpc) is 2.35. The number of nitrogens with zero attached hydrogens (tertiary/aromatic N) is 1. The van der Waals surface area contributed by atoms with Crippen molar-refractivity contribution in [3.05, 3.63) is 29.8 Å². The van der Waals surface area contributed by atoms with Crippen molar-refractivity contribution in [2.75, 3.05) is 18.5 Å². The second-order valence-electron chi connectivity index (χ2n) is 3.69. The van der Waals surface area contributed by atoms with Gasteiger partial charge in [-0.1, -0.05) is 12.1 Å². The maximum Gasteiger partial charge on any atom is 0.0942 e. The first kappa shape index (κ1) is 12.5. The van der Waals surface area contributed by atoms with Crippen molar-refractivity contribution in [1.82, 2.24) is 0 Å². The Kier molecular flexibility index (Phi) is 4.77. The van der Waals surface area contributed by atoms with Gasteiger partial charge in [0, 0.05) is 12.2 Å². The van der Waals surface area contributed by atoms with Crippen molar-refractivity contribution in [2.45, 2.75) is 18.9 Å². The van der Waals surface area contributed by atoms with Crippen molar-refractivity contribution in [2.24, 2.45) is 0 Å². The molecule has 0 fully saturated rings. The SMILES string of the molecule is CC(C#N)c1ccc(NCC(O)CO)cc1. The van der Waals surface area contributed by atoms with Crippen LogP contribution in [0.15, 0.2) is 24.3 Å². The molecule has 1 rings (SSSR count). The van der Waals surface area contributed by atoms with Gasteiger partial charge in [0.1, 0.15) is 0 Å². The quantitative estimate of drug-likeness (QED) is 0.694. The fourth-order valence-corrected chi connectivity index (χ4v) is 1.26. The second kappa shape index (κ2) is 6.11. The van der Waals surface area contributed by atoms with Gasteiger partial charge in [-0.05, 0) is 24.6 Å². The first-order valence-electron chi connectivity index (χ1n) is 5.19. The third-order valence-electron chi connectivity index (χ3n) is 2.36. The molecule has 0 aliphatic carbocycles. The number of nitriles is 1. The van der Waals surface area contributed by atoms with E-state index in [-0.39, 0.29) is 12.5 Å². The minimum atomic E-state index is -0.752. The Hall–Kier alpha value is -1.57. The van der Waals surface area contributed by atoms with Crippen LogP contribution >= 0.6 is 0 Å². The lowest BCUT2D eigenvalue weighted by Crippen LogP contribution is -2.22. The van der Waals surface area contributed by atoms with Crippen molar-refractivity contribution in [1.29, 1.82) is 5.26 Å². The summed E-state index contributed by atoms with van der Waals surface area (Å²) >= 11 is 0. The van der Waals surface area contributed by atoms with E-state index in [1.807, 2.05) is 31.2 Å². The van der Waals surface area contributed by atoms with E-state index < -0.39 is 6.10 Å². The summed E-state index contributed by atoms with van der Waals surface area (Å²) in [6, 6.07) is 9.63. The van der Waals surface area contributed by atoms with Crippen molar-refractivity contribution in [3.8, 4) is 6.07 Å². The smallest absolute Gasteiger partial charge is 0.0942 e. The average molecular weight is 220 g/mol. The van der Waals surface area contributed by atoms with Crippen LogP contribution in [0, 0.1) is 11.3 Å². The summed E-state index contributed by atoms with van der Waals surface area (Å²) in [7, 11) is 0. The predicted octanol–water partition coefficient (Wildman–Crippen LogP) is 1.08. The van der Waals surface area contributed by atoms with Gasteiger partial charge in [0.25, 0.3) is 0 Å². The zero-order valence-electron chi connectivity index (χ0n) is 9.22. The molecule has 0 amide bonds. The second-order valence-corrected chi connectivity index (χ2v) is 3.69. The van der Waals surface area contributed by atoms with Crippen LogP contribution < -0.4 is 5.32 Å². The highest BCUT2D eigenvalue weighted by atomic mass is 16.3. The van der Waals surface area contributed by atoms with Gasteiger partial charge in [0.15, 0.2) is 0 Å². The number of rotatable bonds is 5. The van der Waals surface area contributed by atoms with Gasteiger partial charge in [0.05, 0.1) is 24.7 Å². The lowest BCUT2D eigenvalue weighted by atomic mass is 10.0. The number of benzene rings is 1. The van der Waals surface area contributed by atoms with Crippen LogP contribution in [0.4, 0.5) is 5.69 Å². The van der Waals surface area contributed by atoms with E-state index in [1.54, 1.807) is 0 Å². The molecule has 0 bridgehead atoms. The number of aliphatic hydroxyl groups is 2. The van der Waals surface area contributed by atoms with Crippen LogP contribution in [-0.2, 0) is 0 Å². The van der Waals surface area contributed by atoms with Gasteiger partial charge in [0.2, 0.25) is 0 Å². The molecule has 0 aliphatic rings. The van der Waals surface area contributed by atoms with Gasteiger partial charge in [-0.3, -0.25) is 0 Å². The maximum atomic E-state index is 9.14. The Morgan fingerprint density at radius 3 is 2.50 bits per heavy atom. The third kappa shape index (κ3) is 3.54. The van der Waals surface area contributed by atoms with Crippen molar-refractivity contribution >= 4 is 5.69 Å². The lowest BCUT2D eigenvalue weighted by molar-refractivity contribution is 0.105. The first-order chi connectivity index (χ1) is 7.67. The Labute approximate surface area is 95.2 Å². The number of nitrogens with one attached hydrogen (secondary N) is 1. The minimum absolute atomic E-state index is 0.114. The molecule has 1 aromatic rings. The van der Waals surface area contributed by atoms with Crippen LogP contribution in [0.2, 0.25) is 0 Å². The molecule has 0 spiro atoms. The molecule has 2 unspecified atom stereocenters. The molecule has 4 nitrogen and oxygen atoms in total. The minimum Gasteiger partial charge on any atom is -0.394 e. The summed E-state index contributed by atoms with van der Waals surface area (Å²) in [5, 5.41) is 29.5. The molecule has 0 heterocycles. The van der Waals surface area contributed by atoms with Crippen LogP contribution in [0.5, 0.6) is 0 Å². The Balaban J connectivity index is 2.55. The Morgan fingerprint density at radius 2 is 2.00 bits per heavy atom. The Morgan fingerprint density at radius 1 is 1.38 bits per heavy atom. The monoisotopic (exact) mass is 220 g/mol. The molecule has 0 aliphatic heterocycles. The largest absolute Gasteiger partial charge is 0.394 e. The molecular formula is C12H16N2O2. The van der Waals surface area contributed by atoms with E-state index in [4.69, 9.17) is 15.5 Å². The zero-order valence-corrected chi connectivity index (χ0v) is 9.22.